The standard InChI is InChI=1S/C21H23FN6O2/c22-17-3-5-18(6-4-17)28(9-7-19(24)29)20(30)15-26-10-12-27(13-11-26)21-16(14-23)2-1-8-25-21/h1-6,8H,7,9-13,15H2,(H2,24,29). The van der Waals surface area contributed by atoms with Gasteiger partial charge in [0.25, 0.3) is 0 Å². The predicted molar refractivity (Wildman–Crippen MR) is 110 cm³/mol. The van der Waals surface area contributed by atoms with Gasteiger partial charge in [0.1, 0.15) is 17.7 Å². The number of hydrogen-bond donors (Lipinski definition) is 1. The first-order valence-corrected chi connectivity index (χ1v) is 9.64. The van der Waals surface area contributed by atoms with Gasteiger partial charge in [-0.3, -0.25) is 14.5 Å². The van der Waals surface area contributed by atoms with E-state index in [1.165, 1.54) is 29.2 Å². The molecule has 0 aliphatic carbocycles. The van der Waals surface area contributed by atoms with Crippen LogP contribution in [0.1, 0.15) is 12.0 Å². The van der Waals surface area contributed by atoms with Gasteiger partial charge in [0.15, 0.2) is 0 Å². The van der Waals surface area contributed by atoms with E-state index in [0.717, 1.165) is 0 Å². The smallest absolute Gasteiger partial charge is 0.241 e. The van der Waals surface area contributed by atoms with Crippen molar-refractivity contribution in [2.75, 3.05) is 49.1 Å². The van der Waals surface area contributed by atoms with Crippen LogP contribution in [0.3, 0.4) is 0 Å². The molecule has 0 spiro atoms. The number of nitrogens with two attached hydrogens (primary N) is 1. The maximum Gasteiger partial charge on any atom is 0.241 e. The molecular weight excluding hydrogens is 387 g/mol. The highest BCUT2D eigenvalue weighted by Gasteiger charge is 2.24. The maximum absolute atomic E-state index is 13.3. The minimum Gasteiger partial charge on any atom is -0.370 e. The molecule has 1 fully saturated rings. The van der Waals surface area contributed by atoms with Gasteiger partial charge >= 0.3 is 0 Å². The second kappa shape index (κ2) is 9.80. The lowest BCUT2D eigenvalue weighted by Gasteiger charge is -2.36. The average Bonchev–Trinajstić information content (AvgIpc) is 2.75. The van der Waals surface area contributed by atoms with E-state index in [-0.39, 0.29) is 25.4 Å². The Morgan fingerprint density at radius 1 is 1.17 bits per heavy atom. The SMILES string of the molecule is N#Cc1cccnc1N1CCN(CC(=O)N(CCC(N)=O)c2ccc(F)cc2)CC1. The first kappa shape index (κ1) is 21.2. The van der Waals surface area contributed by atoms with Gasteiger partial charge in [-0.1, -0.05) is 0 Å². The molecule has 1 aliphatic heterocycles. The minimum absolute atomic E-state index is 0.0213. The summed E-state index contributed by atoms with van der Waals surface area (Å²) in [4.78, 5) is 33.9. The molecule has 0 radical (unpaired) electrons. The zero-order valence-corrected chi connectivity index (χ0v) is 16.5. The predicted octanol–water partition coefficient (Wildman–Crippen LogP) is 1.12. The summed E-state index contributed by atoms with van der Waals surface area (Å²) in [6.07, 6.45) is 1.68. The molecule has 30 heavy (non-hydrogen) atoms. The van der Waals surface area contributed by atoms with Crippen molar-refractivity contribution in [2.24, 2.45) is 5.73 Å². The summed E-state index contributed by atoms with van der Waals surface area (Å²) in [7, 11) is 0. The fourth-order valence-corrected chi connectivity index (χ4v) is 3.37. The molecule has 8 nitrogen and oxygen atoms in total. The Bertz CT molecular complexity index is 935. The van der Waals surface area contributed by atoms with Crippen molar-refractivity contribution in [1.29, 1.82) is 5.26 Å². The fourth-order valence-electron chi connectivity index (χ4n) is 3.37. The Morgan fingerprint density at radius 3 is 2.50 bits per heavy atom. The van der Waals surface area contributed by atoms with Crippen molar-refractivity contribution in [3.8, 4) is 6.07 Å². The van der Waals surface area contributed by atoms with Crippen LogP contribution in [0.15, 0.2) is 42.6 Å². The van der Waals surface area contributed by atoms with Crippen molar-refractivity contribution in [3.05, 3.63) is 54.0 Å². The number of nitrogens with zero attached hydrogens (tertiary/aromatic N) is 5. The fraction of sp³-hybridized carbons (Fsp3) is 0.333. The number of pyridine rings is 1. The quantitative estimate of drug-likeness (QED) is 0.733. The van der Waals surface area contributed by atoms with Crippen LogP contribution in [-0.2, 0) is 9.59 Å². The lowest BCUT2D eigenvalue weighted by Crippen LogP contribution is -2.50. The van der Waals surface area contributed by atoms with Gasteiger partial charge in [0.2, 0.25) is 11.8 Å². The van der Waals surface area contributed by atoms with E-state index >= 15 is 0 Å². The summed E-state index contributed by atoms with van der Waals surface area (Å²) in [5, 5.41) is 9.26. The van der Waals surface area contributed by atoms with Gasteiger partial charge in [-0.05, 0) is 36.4 Å². The first-order chi connectivity index (χ1) is 14.5. The van der Waals surface area contributed by atoms with Crippen LogP contribution in [0.4, 0.5) is 15.9 Å². The third kappa shape index (κ3) is 5.30. The maximum atomic E-state index is 13.3. The largest absolute Gasteiger partial charge is 0.370 e. The molecule has 2 heterocycles. The number of primary amides is 1. The number of carbonyl (C=O) groups excluding carboxylic acids is 2. The molecule has 156 valence electrons. The molecule has 0 saturated carbocycles. The monoisotopic (exact) mass is 410 g/mol. The Kier molecular flexibility index (Phi) is 6.93. The molecule has 1 saturated heterocycles. The van der Waals surface area contributed by atoms with Gasteiger partial charge in [0.05, 0.1) is 12.1 Å². The second-order valence-electron chi connectivity index (χ2n) is 6.99. The summed E-state index contributed by atoms with van der Waals surface area (Å²) in [5.74, 6) is -0.442. The second-order valence-corrected chi connectivity index (χ2v) is 6.99. The number of amides is 2. The number of nitriles is 1. The van der Waals surface area contributed by atoms with Crippen LogP contribution < -0.4 is 15.5 Å². The molecule has 3 rings (SSSR count). The average molecular weight is 410 g/mol. The van der Waals surface area contributed by atoms with Crippen molar-refractivity contribution < 1.29 is 14.0 Å². The molecule has 0 unspecified atom stereocenters. The first-order valence-electron chi connectivity index (χ1n) is 9.64. The summed E-state index contributed by atoms with van der Waals surface area (Å²) in [5.41, 5.74) is 6.29. The molecule has 2 aromatic rings. The van der Waals surface area contributed by atoms with E-state index in [4.69, 9.17) is 5.73 Å². The number of aromatic nitrogens is 1. The van der Waals surface area contributed by atoms with Gasteiger partial charge < -0.3 is 15.5 Å². The number of piperazine rings is 1. The highest BCUT2D eigenvalue weighted by atomic mass is 19.1. The number of benzene rings is 1. The van der Waals surface area contributed by atoms with Crippen LogP contribution in [-0.4, -0.2) is 61.0 Å². The van der Waals surface area contributed by atoms with Gasteiger partial charge in [-0.25, -0.2) is 9.37 Å². The van der Waals surface area contributed by atoms with Gasteiger partial charge in [-0.15, -0.1) is 0 Å². The Morgan fingerprint density at radius 2 is 1.87 bits per heavy atom. The molecule has 2 amide bonds. The Balaban J connectivity index is 1.63. The number of anilines is 2. The summed E-state index contributed by atoms with van der Waals surface area (Å²) in [6, 6.07) is 11.2. The van der Waals surface area contributed by atoms with Gasteiger partial charge in [-0.2, -0.15) is 5.26 Å². The third-order valence-electron chi connectivity index (χ3n) is 4.96. The van der Waals surface area contributed by atoms with Crippen LogP contribution in [0.5, 0.6) is 0 Å². The number of halogens is 1. The molecule has 1 aromatic carbocycles. The molecular formula is C21H23FN6O2. The summed E-state index contributed by atoms with van der Waals surface area (Å²) >= 11 is 0. The summed E-state index contributed by atoms with van der Waals surface area (Å²) < 4.78 is 13.3. The molecule has 1 aromatic heterocycles. The van der Waals surface area contributed by atoms with Crippen molar-refractivity contribution >= 4 is 23.3 Å². The normalized spacial score (nSPS) is 14.2. The zero-order chi connectivity index (χ0) is 21.5. The topological polar surface area (TPSA) is 107 Å². The van der Waals surface area contributed by atoms with Gasteiger partial charge in [0, 0.05) is 51.0 Å². The lowest BCUT2D eigenvalue weighted by atomic mass is 10.2. The molecule has 9 heteroatoms. The number of hydrogen-bond acceptors (Lipinski definition) is 6. The van der Waals surface area contributed by atoms with Crippen LogP contribution in [0.2, 0.25) is 0 Å². The van der Waals surface area contributed by atoms with E-state index in [0.29, 0.717) is 43.2 Å². The molecule has 0 atom stereocenters. The number of rotatable bonds is 7. The van der Waals surface area contributed by atoms with E-state index in [2.05, 4.69) is 11.1 Å². The number of carbonyl (C=O) groups is 2. The third-order valence-corrected chi connectivity index (χ3v) is 4.96. The summed E-state index contributed by atoms with van der Waals surface area (Å²) in [6.45, 7) is 2.82. The van der Waals surface area contributed by atoms with E-state index in [1.54, 1.807) is 18.3 Å². The Hall–Kier alpha value is -3.51. The van der Waals surface area contributed by atoms with E-state index in [9.17, 15) is 19.2 Å². The molecule has 1 aliphatic rings. The van der Waals surface area contributed by atoms with Crippen molar-refractivity contribution in [3.63, 3.8) is 0 Å². The zero-order valence-electron chi connectivity index (χ0n) is 16.5. The van der Waals surface area contributed by atoms with Crippen LogP contribution in [0.25, 0.3) is 0 Å². The van der Waals surface area contributed by atoms with E-state index in [1.807, 2.05) is 9.80 Å². The highest BCUT2D eigenvalue weighted by Crippen LogP contribution is 2.19. The molecule has 2 N–H and O–H groups in total. The van der Waals surface area contributed by atoms with Crippen molar-refractivity contribution in [2.45, 2.75) is 6.42 Å². The lowest BCUT2D eigenvalue weighted by molar-refractivity contribution is -0.120. The minimum atomic E-state index is -0.507. The van der Waals surface area contributed by atoms with Crippen LogP contribution >= 0.6 is 0 Å². The molecule has 0 bridgehead atoms. The highest BCUT2D eigenvalue weighted by molar-refractivity contribution is 5.95. The Labute approximate surface area is 174 Å². The van der Waals surface area contributed by atoms with Crippen molar-refractivity contribution in [1.82, 2.24) is 9.88 Å². The van der Waals surface area contributed by atoms with Crippen LogP contribution in [0, 0.1) is 17.1 Å². The van der Waals surface area contributed by atoms with E-state index < -0.39 is 11.7 Å².